The molecule has 3 rings (SSSR count). The highest BCUT2D eigenvalue weighted by atomic mass is 28.3. The van der Waals surface area contributed by atoms with Gasteiger partial charge < -0.3 is 0 Å². The predicted octanol–water partition coefficient (Wildman–Crippen LogP) is 3.74. The topological polar surface area (TPSA) is 0 Å². The van der Waals surface area contributed by atoms with Crippen LogP contribution in [-0.4, -0.2) is 8.07 Å². The van der Waals surface area contributed by atoms with Crippen LogP contribution in [0.5, 0.6) is 0 Å². The van der Waals surface area contributed by atoms with Crippen molar-refractivity contribution in [2.75, 3.05) is 0 Å². The predicted molar refractivity (Wildman–Crippen MR) is 67.9 cm³/mol. The molecule has 2 atom stereocenters. The van der Waals surface area contributed by atoms with E-state index in [-0.39, 0.29) is 0 Å². The number of hydrogen-bond acceptors (Lipinski definition) is 0. The van der Waals surface area contributed by atoms with Crippen LogP contribution in [-0.2, 0) is 12.8 Å². The maximum absolute atomic E-state index is 2.58. The molecule has 0 spiro atoms. The lowest BCUT2D eigenvalue weighted by Gasteiger charge is -2.27. The Morgan fingerprint density at radius 1 is 0.933 bits per heavy atom. The van der Waals surface area contributed by atoms with Crippen molar-refractivity contribution in [1.82, 2.24) is 0 Å². The molecule has 0 nitrogen and oxygen atoms in total. The van der Waals surface area contributed by atoms with Gasteiger partial charge in [-0.2, -0.15) is 0 Å². The van der Waals surface area contributed by atoms with Gasteiger partial charge in [0.2, 0.25) is 0 Å². The van der Waals surface area contributed by atoms with Gasteiger partial charge in [0.05, 0.1) is 0 Å². The van der Waals surface area contributed by atoms with Gasteiger partial charge in [0.1, 0.15) is 0 Å². The third-order valence-electron chi connectivity index (χ3n) is 4.38. The van der Waals surface area contributed by atoms with Crippen LogP contribution in [0.1, 0.15) is 11.1 Å². The van der Waals surface area contributed by atoms with Gasteiger partial charge in [-0.05, 0) is 35.8 Å². The Hall–Kier alpha value is -0.563. The van der Waals surface area contributed by atoms with E-state index in [1.165, 1.54) is 12.8 Å². The van der Waals surface area contributed by atoms with Gasteiger partial charge in [-0.3, -0.25) is 0 Å². The van der Waals surface area contributed by atoms with Gasteiger partial charge in [0, 0.05) is 8.07 Å². The second-order valence-electron chi connectivity index (χ2n) is 6.27. The molecule has 1 aliphatic carbocycles. The van der Waals surface area contributed by atoms with Crippen LogP contribution < -0.4 is 0 Å². The molecular formula is C14H20Si. The number of benzene rings is 1. The van der Waals surface area contributed by atoms with E-state index in [9.17, 15) is 0 Å². The zero-order chi connectivity index (χ0) is 10.5. The van der Waals surface area contributed by atoms with E-state index >= 15 is 0 Å². The molecule has 0 aromatic heterocycles. The van der Waals surface area contributed by atoms with E-state index in [1.54, 1.807) is 23.2 Å². The lowest BCUT2D eigenvalue weighted by atomic mass is 9.78. The summed E-state index contributed by atoms with van der Waals surface area (Å²) in [4.78, 5) is 0. The van der Waals surface area contributed by atoms with E-state index in [0.717, 1.165) is 11.8 Å². The molecule has 1 aromatic rings. The van der Waals surface area contributed by atoms with Crippen LogP contribution in [0.2, 0.25) is 25.2 Å². The first-order valence-corrected chi connectivity index (χ1v) is 9.62. The van der Waals surface area contributed by atoms with E-state index in [1.807, 2.05) is 0 Å². The molecular weight excluding hydrogens is 196 g/mol. The Morgan fingerprint density at radius 3 is 1.87 bits per heavy atom. The van der Waals surface area contributed by atoms with Gasteiger partial charge in [-0.1, -0.05) is 49.4 Å². The van der Waals surface area contributed by atoms with E-state index < -0.39 is 8.07 Å². The summed E-state index contributed by atoms with van der Waals surface area (Å²) in [7, 11) is -0.807. The monoisotopic (exact) mass is 216 g/mol. The van der Waals surface area contributed by atoms with Crippen molar-refractivity contribution >= 4 is 8.07 Å². The molecule has 1 aromatic carbocycles. The fourth-order valence-corrected chi connectivity index (χ4v) is 7.80. The Labute approximate surface area is 93.7 Å². The summed E-state index contributed by atoms with van der Waals surface area (Å²) in [5, 5.41) is 0. The summed E-state index contributed by atoms with van der Waals surface area (Å²) in [6, 6.07) is 12.3. The molecule has 1 heteroatoms. The molecule has 80 valence electrons. The quantitative estimate of drug-likeness (QED) is 0.580. The number of fused-ring (bicyclic) bond motifs is 2. The van der Waals surface area contributed by atoms with Crippen molar-refractivity contribution in [2.45, 2.75) is 38.0 Å². The van der Waals surface area contributed by atoms with Gasteiger partial charge in [-0.15, -0.1) is 0 Å². The molecule has 0 radical (unpaired) electrons. The van der Waals surface area contributed by atoms with Crippen LogP contribution in [0.3, 0.4) is 0 Å². The molecule has 0 unspecified atom stereocenters. The lowest BCUT2D eigenvalue weighted by molar-refractivity contribution is 0.384. The molecule has 1 aliphatic heterocycles. The van der Waals surface area contributed by atoms with Crippen LogP contribution in [0.4, 0.5) is 0 Å². The summed E-state index contributed by atoms with van der Waals surface area (Å²) < 4.78 is 0. The minimum absolute atomic E-state index is 0.807. The minimum atomic E-state index is -0.807. The summed E-state index contributed by atoms with van der Waals surface area (Å²) in [6.07, 6.45) is 2.74. The Morgan fingerprint density at radius 2 is 1.40 bits per heavy atom. The molecule has 1 saturated heterocycles. The largest absolute Gasteiger partial charge is 0.0693 e. The fraction of sp³-hybridized carbons (Fsp3) is 0.571. The molecule has 1 fully saturated rings. The maximum atomic E-state index is 2.58. The average Bonchev–Trinajstić information content (AvgIpc) is 2.46. The Bertz CT molecular complexity index is 346. The molecule has 1 heterocycles. The fourth-order valence-electron chi connectivity index (χ4n) is 3.83. The molecule has 0 N–H and O–H groups in total. The second kappa shape index (κ2) is 3.21. The van der Waals surface area contributed by atoms with E-state index in [4.69, 9.17) is 0 Å². The third-order valence-corrected chi connectivity index (χ3v) is 7.64. The molecule has 0 bridgehead atoms. The third kappa shape index (κ3) is 1.67. The second-order valence-corrected chi connectivity index (χ2v) is 11.4. The highest BCUT2D eigenvalue weighted by Crippen LogP contribution is 2.46. The van der Waals surface area contributed by atoms with Gasteiger partial charge in [-0.25, -0.2) is 0 Å². The summed E-state index contributed by atoms with van der Waals surface area (Å²) in [5.74, 6) is 2.06. The van der Waals surface area contributed by atoms with E-state index in [2.05, 4.69) is 37.4 Å². The summed E-state index contributed by atoms with van der Waals surface area (Å²) in [6.45, 7) is 5.16. The lowest BCUT2D eigenvalue weighted by Crippen LogP contribution is -2.19. The number of rotatable bonds is 0. The smallest absolute Gasteiger partial charge is 0.0479 e. The standard InChI is InChI=1S/C14H20Si/c1-15(2)9-13-7-11-5-3-4-6-12(11)8-14(13)10-15/h3-6,13-14H,7-10H2,1-2H3/t13-,14-/m1/s1. The van der Waals surface area contributed by atoms with Gasteiger partial charge in [0.15, 0.2) is 0 Å². The first kappa shape index (κ1) is 9.65. The van der Waals surface area contributed by atoms with Gasteiger partial charge >= 0.3 is 0 Å². The molecule has 0 saturated carbocycles. The maximum Gasteiger partial charge on any atom is 0.0479 e. The van der Waals surface area contributed by atoms with Crippen LogP contribution >= 0.6 is 0 Å². The number of hydrogen-bond donors (Lipinski definition) is 0. The van der Waals surface area contributed by atoms with E-state index in [0.29, 0.717) is 0 Å². The molecule has 2 aliphatic rings. The molecule has 15 heavy (non-hydrogen) atoms. The minimum Gasteiger partial charge on any atom is -0.0693 e. The van der Waals surface area contributed by atoms with Crippen molar-refractivity contribution < 1.29 is 0 Å². The Kier molecular flexibility index (Phi) is 2.07. The highest BCUT2D eigenvalue weighted by Gasteiger charge is 2.42. The van der Waals surface area contributed by atoms with Crippen molar-refractivity contribution in [1.29, 1.82) is 0 Å². The van der Waals surface area contributed by atoms with Crippen LogP contribution in [0, 0.1) is 11.8 Å². The molecule has 0 amide bonds. The van der Waals surface area contributed by atoms with Crippen molar-refractivity contribution in [3.63, 3.8) is 0 Å². The average molecular weight is 216 g/mol. The first-order valence-electron chi connectivity index (χ1n) is 6.21. The zero-order valence-electron chi connectivity index (χ0n) is 9.79. The van der Waals surface area contributed by atoms with Gasteiger partial charge in [0.25, 0.3) is 0 Å². The van der Waals surface area contributed by atoms with Crippen LogP contribution in [0.25, 0.3) is 0 Å². The summed E-state index contributed by atoms with van der Waals surface area (Å²) in [5.41, 5.74) is 3.29. The van der Waals surface area contributed by atoms with Crippen molar-refractivity contribution in [2.24, 2.45) is 11.8 Å². The summed E-state index contributed by atoms with van der Waals surface area (Å²) >= 11 is 0. The van der Waals surface area contributed by atoms with Crippen molar-refractivity contribution in [3.05, 3.63) is 35.4 Å². The van der Waals surface area contributed by atoms with Crippen LogP contribution in [0.15, 0.2) is 24.3 Å². The normalized spacial score (nSPS) is 32.1. The van der Waals surface area contributed by atoms with Crippen molar-refractivity contribution in [3.8, 4) is 0 Å². The Balaban J connectivity index is 1.90. The SMILES string of the molecule is C[Si]1(C)C[C@H]2Cc3ccccc3C[C@@H]2C1. The first-order chi connectivity index (χ1) is 7.14. The highest BCUT2D eigenvalue weighted by molar-refractivity contribution is 6.78. The zero-order valence-corrected chi connectivity index (χ0v) is 10.8.